The lowest BCUT2D eigenvalue weighted by Crippen LogP contribution is -2.19. The standard InChI is InChI=1S/C16H21BrN4/c1-9-8-11(17)6-7-12(9)19-14-10(2)13(18)20-15(21-14)16(3,4)5/h6-8H,1-5H3,(H3,18,19,20,21). The molecule has 0 amide bonds. The molecule has 3 N–H and O–H groups in total. The highest BCUT2D eigenvalue weighted by atomic mass is 79.9. The minimum Gasteiger partial charge on any atom is -0.383 e. The van der Waals surface area contributed by atoms with Gasteiger partial charge in [-0.2, -0.15) is 0 Å². The van der Waals surface area contributed by atoms with Gasteiger partial charge in [-0.15, -0.1) is 0 Å². The molecule has 112 valence electrons. The number of halogens is 1. The van der Waals surface area contributed by atoms with Gasteiger partial charge in [0.15, 0.2) is 0 Å². The average molecular weight is 349 g/mol. The summed E-state index contributed by atoms with van der Waals surface area (Å²) >= 11 is 3.47. The summed E-state index contributed by atoms with van der Waals surface area (Å²) in [5.74, 6) is 2.02. The Morgan fingerprint density at radius 2 is 1.81 bits per heavy atom. The first-order chi connectivity index (χ1) is 9.68. The molecule has 0 aliphatic carbocycles. The van der Waals surface area contributed by atoms with Crippen molar-refractivity contribution in [1.82, 2.24) is 9.97 Å². The number of hydrogen-bond donors (Lipinski definition) is 2. The van der Waals surface area contributed by atoms with Crippen molar-refractivity contribution in [3.8, 4) is 0 Å². The van der Waals surface area contributed by atoms with Gasteiger partial charge in [-0.3, -0.25) is 0 Å². The van der Waals surface area contributed by atoms with Gasteiger partial charge >= 0.3 is 0 Å². The monoisotopic (exact) mass is 348 g/mol. The Kier molecular flexibility index (Phi) is 4.23. The van der Waals surface area contributed by atoms with Gasteiger partial charge in [0, 0.05) is 21.1 Å². The van der Waals surface area contributed by atoms with E-state index in [2.05, 4.69) is 65.0 Å². The average Bonchev–Trinajstić information content (AvgIpc) is 2.36. The topological polar surface area (TPSA) is 63.8 Å². The summed E-state index contributed by atoms with van der Waals surface area (Å²) in [6.45, 7) is 10.2. The second kappa shape index (κ2) is 5.64. The third-order valence-corrected chi connectivity index (χ3v) is 3.79. The van der Waals surface area contributed by atoms with Gasteiger partial charge in [-0.1, -0.05) is 36.7 Å². The summed E-state index contributed by atoms with van der Waals surface area (Å²) in [4.78, 5) is 9.05. The van der Waals surface area contributed by atoms with Gasteiger partial charge in [-0.25, -0.2) is 9.97 Å². The van der Waals surface area contributed by atoms with Crippen LogP contribution in [0.4, 0.5) is 17.3 Å². The van der Waals surface area contributed by atoms with E-state index in [0.29, 0.717) is 5.82 Å². The molecule has 1 aromatic carbocycles. The Bertz CT molecular complexity index is 675. The molecule has 0 bridgehead atoms. The third kappa shape index (κ3) is 3.53. The zero-order chi connectivity index (χ0) is 15.8. The van der Waals surface area contributed by atoms with Gasteiger partial charge in [0.25, 0.3) is 0 Å². The summed E-state index contributed by atoms with van der Waals surface area (Å²) in [7, 11) is 0. The van der Waals surface area contributed by atoms with E-state index in [4.69, 9.17) is 5.73 Å². The van der Waals surface area contributed by atoms with Crippen molar-refractivity contribution in [2.75, 3.05) is 11.1 Å². The number of nitrogens with zero attached hydrogens (tertiary/aromatic N) is 2. The Morgan fingerprint density at radius 1 is 1.14 bits per heavy atom. The number of benzene rings is 1. The number of aryl methyl sites for hydroxylation is 1. The highest BCUT2D eigenvalue weighted by Crippen LogP contribution is 2.28. The molecule has 0 saturated heterocycles. The van der Waals surface area contributed by atoms with Crippen LogP contribution in [0.15, 0.2) is 22.7 Å². The third-order valence-electron chi connectivity index (χ3n) is 3.30. The lowest BCUT2D eigenvalue weighted by molar-refractivity contribution is 0.546. The first-order valence-electron chi connectivity index (χ1n) is 6.86. The SMILES string of the molecule is Cc1cc(Br)ccc1Nc1nc(C(C)(C)C)nc(N)c1C. The summed E-state index contributed by atoms with van der Waals surface area (Å²) in [5, 5.41) is 3.37. The second-order valence-electron chi connectivity index (χ2n) is 6.24. The highest BCUT2D eigenvalue weighted by molar-refractivity contribution is 9.10. The molecule has 0 fully saturated rings. The van der Waals surface area contributed by atoms with E-state index in [-0.39, 0.29) is 5.41 Å². The Labute approximate surface area is 134 Å². The summed E-state index contributed by atoms with van der Waals surface area (Å²) in [6.07, 6.45) is 0. The normalized spacial score (nSPS) is 11.5. The molecular weight excluding hydrogens is 328 g/mol. The van der Waals surface area contributed by atoms with Crippen LogP contribution in [0.25, 0.3) is 0 Å². The van der Waals surface area contributed by atoms with E-state index in [0.717, 1.165) is 32.9 Å². The molecule has 5 heteroatoms. The highest BCUT2D eigenvalue weighted by Gasteiger charge is 2.20. The summed E-state index contributed by atoms with van der Waals surface area (Å²) in [5.41, 5.74) is 8.91. The molecule has 4 nitrogen and oxygen atoms in total. The first-order valence-corrected chi connectivity index (χ1v) is 7.65. The number of nitrogens with two attached hydrogens (primary N) is 1. The van der Waals surface area contributed by atoms with E-state index in [1.165, 1.54) is 0 Å². The Hall–Kier alpha value is -1.62. The van der Waals surface area contributed by atoms with Crippen molar-refractivity contribution < 1.29 is 0 Å². The van der Waals surface area contributed by atoms with Crippen molar-refractivity contribution in [1.29, 1.82) is 0 Å². The molecule has 0 atom stereocenters. The van der Waals surface area contributed by atoms with Crippen LogP contribution in [-0.4, -0.2) is 9.97 Å². The fourth-order valence-corrected chi connectivity index (χ4v) is 2.36. The van der Waals surface area contributed by atoms with Crippen LogP contribution in [0, 0.1) is 13.8 Å². The molecule has 1 heterocycles. The van der Waals surface area contributed by atoms with Gasteiger partial charge < -0.3 is 11.1 Å². The first kappa shape index (κ1) is 15.8. The number of nitrogen functional groups attached to an aromatic ring is 1. The predicted molar refractivity (Wildman–Crippen MR) is 92.0 cm³/mol. The number of nitrogens with one attached hydrogen (secondary N) is 1. The molecule has 21 heavy (non-hydrogen) atoms. The van der Waals surface area contributed by atoms with Crippen LogP contribution < -0.4 is 11.1 Å². The van der Waals surface area contributed by atoms with Crippen LogP contribution in [0.3, 0.4) is 0 Å². The Balaban J connectivity index is 2.46. The second-order valence-corrected chi connectivity index (χ2v) is 7.16. The largest absolute Gasteiger partial charge is 0.383 e. The molecule has 2 aromatic rings. The molecular formula is C16H21BrN4. The van der Waals surface area contributed by atoms with E-state index >= 15 is 0 Å². The number of aromatic nitrogens is 2. The van der Waals surface area contributed by atoms with Crippen molar-refractivity contribution >= 4 is 33.3 Å². The minimum atomic E-state index is -0.146. The Morgan fingerprint density at radius 3 is 2.38 bits per heavy atom. The van der Waals surface area contributed by atoms with Gasteiger partial charge in [0.05, 0.1) is 0 Å². The fraction of sp³-hybridized carbons (Fsp3) is 0.375. The molecule has 0 radical (unpaired) electrons. The van der Waals surface area contributed by atoms with Crippen molar-refractivity contribution in [3.05, 3.63) is 39.6 Å². The lowest BCUT2D eigenvalue weighted by Gasteiger charge is -2.20. The molecule has 0 spiro atoms. The maximum Gasteiger partial charge on any atom is 0.139 e. The van der Waals surface area contributed by atoms with Crippen molar-refractivity contribution in [2.45, 2.75) is 40.0 Å². The maximum atomic E-state index is 6.04. The van der Waals surface area contributed by atoms with Gasteiger partial charge in [0.1, 0.15) is 17.5 Å². The van der Waals surface area contributed by atoms with E-state index < -0.39 is 0 Å². The van der Waals surface area contributed by atoms with Gasteiger partial charge in [0.2, 0.25) is 0 Å². The van der Waals surface area contributed by atoms with Crippen LogP contribution in [0.2, 0.25) is 0 Å². The zero-order valence-electron chi connectivity index (χ0n) is 13.1. The van der Waals surface area contributed by atoms with Crippen molar-refractivity contribution in [3.63, 3.8) is 0 Å². The summed E-state index contributed by atoms with van der Waals surface area (Å²) < 4.78 is 1.06. The molecule has 0 aliphatic rings. The fourth-order valence-electron chi connectivity index (χ4n) is 1.89. The lowest BCUT2D eigenvalue weighted by atomic mass is 9.95. The molecule has 2 rings (SSSR count). The number of anilines is 3. The van der Waals surface area contributed by atoms with E-state index in [9.17, 15) is 0 Å². The van der Waals surface area contributed by atoms with Crippen LogP contribution in [0.5, 0.6) is 0 Å². The van der Waals surface area contributed by atoms with Crippen LogP contribution >= 0.6 is 15.9 Å². The quantitative estimate of drug-likeness (QED) is 0.839. The number of rotatable bonds is 2. The smallest absolute Gasteiger partial charge is 0.139 e. The molecule has 0 aliphatic heterocycles. The van der Waals surface area contributed by atoms with Crippen LogP contribution in [0.1, 0.15) is 37.7 Å². The predicted octanol–water partition coefficient (Wildman–Crippen LogP) is 4.48. The number of hydrogen-bond acceptors (Lipinski definition) is 4. The van der Waals surface area contributed by atoms with E-state index in [1.807, 2.05) is 19.1 Å². The molecule has 0 saturated carbocycles. The van der Waals surface area contributed by atoms with E-state index in [1.54, 1.807) is 0 Å². The minimum absolute atomic E-state index is 0.146. The summed E-state index contributed by atoms with van der Waals surface area (Å²) in [6, 6.07) is 6.08. The maximum absolute atomic E-state index is 6.04. The van der Waals surface area contributed by atoms with Crippen molar-refractivity contribution in [2.24, 2.45) is 0 Å². The molecule has 0 unspecified atom stereocenters. The molecule has 1 aromatic heterocycles. The van der Waals surface area contributed by atoms with Crippen LogP contribution in [-0.2, 0) is 5.41 Å². The van der Waals surface area contributed by atoms with Gasteiger partial charge in [-0.05, 0) is 37.6 Å². The zero-order valence-corrected chi connectivity index (χ0v) is 14.7.